The summed E-state index contributed by atoms with van der Waals surface area (Å²) < 4.78 is 8.98. The highest BCUT2D eigenvalue weighted by Gasteiger charge is 2.48. The Morgan fingerprint density at radius 2 is 1.19 bits per heavy atom. The van der Waals surface area contributed by atoms with E-state index in [1.54, 1.807) is 0 Å². The Balaban J connectivity index is 1.33. The minimum absolute atomic E-state index is 0.658. The second-order valence-electron chi connectivity index (χ2n) is 12.0. The first-order valence-electron chi connectivity index (χ1n) is 15.7. The molecule has 7 aromatic carbocycles. The van der Waals surface area contributed by atoms with Gasteiger partial charge in [-0.1, -0.05) is 127 Å². The number of ether oxygens (including phenoxy) is 1. The van der Waals surface area contributed by atoms with Crippen molar-refractivity contribution < 1.29 is 4.74 Å². The molecule has 224 valence electrons. The molecule has 0 fully saturated rings. The Hall–Kier alpha value is -5.00. The molecule has 1 aliphatic rings. The van der Waals surface area contributed by atoms with Crippen LogP contribution in [-0.4, -0.2) is 12.6 Å². The maximum absolute atomic E-state index is 6.61. The van der Waals surface area contributed by atoms with Crippen LogP contribution in [0.5, 0.6) is 11.5 Å². The number of para-hydroxylation sites is 3. The number of hydrogen-bond acceptors (Lipinski definition) is 2. The van der Waals surface area contributed by atoms with Gasteiger partial charge in [0.1, 0.15) is 11.5 Å². The van der Waals surface area contributed by atoms with Crippen molar-refractivity contribution in [3.63, 3.8) is 0 Å². The molecule has 1 aromatic heterocycles. The molecule has 0 amide bonds. The summed E-state index contributed by atoms with van der Waals surface area (Å²) in [7, 11) is -2.91. The Kier molecular flexibility index (Phi) is 6.65. The van der Waals surface area contributed by atoms with Crippen LogP contribution in [0, 0.1) is 0 Å². The summed E-state index contributed by atoms with van der Waals surface area (Å²) in [5.41, 5.74) is 5.78. The van der Waals surface area contributed by atoms with Crippen LogP contribution in [0.4, 0.5) is 0 Å². The molecule has 0 bridgehead atoms. The molecule has 1 aliphatic heterocycles. The third-order valence-corrected chi connectivity index (χ3v) is 15.0. The lowest BCUT2D eigenvalue weighted by Gasteiger charge is -2.39. The third kappa shape index (κ3) is 4.33. The van der Waals surface area contributed by atoms with Crippen molar-refractivity contribution in [1.29, 1.82) is 0 Å². The molecule has 0 aliphatic carbocycles. The zero-order chi connectivity index (χ0) is 31.5. The number of aromatic nitrogens is 1. The van der Waals surface area contributed by atoms with Crippen LogP contribution in [0.3, 0.4) is 0 Å². The molecule has 2 nitrogen and oxygen atoms in total. The molecule has 0 spiro atoms. The molecule has 0 saturated heterocycles. The minimum Gasteiger partial charge on any atom is -0.457 e. The molecule has 5 heteroatoms. The summed E-state index contributed by atoms with van der Waals surface area (Å²) in [6.45, 7) is 0. The van der Waals surface area contributed by atoms with E-state index in [0.29, 0.717) is 5.02 Å². The summed E-state index contributed by atoms with van der Waals surface area (Å²) >= 11 is 11.4. The highest BCUT2D eigenvalue weighted by Crippen LogP contribution is 2.34. The van der Waals surface area contributed by atoms with E-state index < -0.39 is 8.07 Å². The molecule has 0 saturated carbocycles. The zero-order valence-corrected chi connectivity index (χ0v) is 27.9. The second kappa shape index (κ2) is 11.1. The standard InChI is InChI=1S/C42H28ClNOSSi/c43-29-20-25-42-39(27-29)45-38-17-6-8-19-41(38)47(42,32-11-9-10-28(26-32)33-12-3-7-18-40(33)46)31-23-21-30(22-24-31)44-36-15-4-1-13-34(36)35-14-2-5-16-37(35)44/h1-27,46H. The highest BCUT2D eigenvalue weighted by molar-refractivity contribution is 7.80. The first kappa shape index (κ1) is 28.2. The van der Waals surface area contributed by atoms with E-state index in [1.807, 2.05) is 30.3 Å². The van der Waals surface area contributed by atoms with Gasteiger partial charge in [-0.05, 0) is 80.4 Å². The molecule has 8 aromatic rings. The zero-order valence-electron chi connectivity index (χ0n) is 25.3. The van der Waals surface area contributed by atoms with Crippen molar-refractivity contribution in [3.05, 3.63) is 169 Å². The lowest BCUT2D eigenvalue weighted by Crippen LogP contribution is -2.76. The van der Waals surface area contributed by atoms with Gasteiger partial charge in [-0.2, -0.15) is 0 Å². The third-order valence-electron chi connectivity index (χ3n) is 9.51. The van der Waals surface area contributed by atoms with E-state index in [0.717, 1.165) is 33.2 Å². The van der Waals surface area contributed by atoms with Crippen LogP contribution in [-0.2, 0) is 0 Å². The normalized spacial score (nSPS) is 15.3. The number of nitrogens with zero attached hydrogens (tertiary/aromatic N) is 1. The molecule has 1 atom stereocenters. The van der Waals surface area contributed by atoms with Crippen LogP contribution < -0.4 is 25.5 Å². The van der Waals surface area contributed by atoms with Crippen molar-refractivity contribution >= 4 is 74.9 Å². The average Bonchev–Trinajstić information content (AvgIpc) is 3.45. The fourth-order valence-electron chi connectivity index (χ4n) is 7.51. The molecular weight excluding hydrogens is 630 g/mol. The van der Waals surface area contributed by atoms with Crippen molar-refractivity contribution in [2.45, 2.75) is 4.90 Å². The Labute approximate surface area is 284 Å². The SMILES string of the molecule is Sc1ccccc1-c1cccc([Si]2(c3ccc(-n4c5ccccc5c5ccccc54)cc3)c3ccccc3Oc3cc(Cl)ccc32)c1. The van der Waals surface area contributed by atoms with Gasteiger partial charge < -0.3 is 9.30 Å². The van der Waals surface area contributed by atoms with Gasteiger partial charge in [0, 0.05) is 26.4 Å². The van der Waals surface area contributed by atoms with Gasteiger partial charge in [0.25, 0.3) is 0 Å². The predicted molar refractivity (Wildman–Crippen MR) is 202 cm³/mol. The molecule has 9 rings (SSSR count). The van der Waals surface area contributed by atoms with Crippen LogP contribution in [0.25, 0.3) is 38.6 Å². The van der Waals surface area contributed by atoms with E-state index >= 15 is 0 Å². The summed E-state index contributed by atoms with van der Waals surface area (Å²) in [5.74, 6) is 1.69. The summed E-state index contributed by atoms with van der Waals surface area (Å²) in [6.07, 6.45) is 0. The van der Waals surface area contributed by atoms with Crippen molar-refractivity contribution in [3.8, 4) is 28.3 Å². The molecular formula is C42H28ClNOSSi. The van der Waals surface area contributed by atoms with E-state index in [1.165, 1.54) is 42.6 Å². The quantitative estimate of drug-likeness (QED) is 0.148. The van der Waals surface area contributed by atoms with E-state index in [9.17, 15) is 0 Å². The minimum atomic E-state index is -2.91. The van der Waals surface area contributed by atoms with Crippen molar-refractivity contribution in [1.82, 2.24) is 4.57 Å². The number of hydrogen-bond donors (Lipinski definition) is 1. The number of rotatable bonds is 4. The van der Waals surface area contributed by atoms with Gasteiger partial charge in [-0.15, -0.1) is 12.6 Å². The Morgan fingerprint density at radius 1 is 0.532 bits per heavy atom. The number of benzene rings is 7. The monoisotopic (exact) mass is 657 g/mol. The first-order chi connectivity index (χ1) is 23.1. The molecule has 0 radical (unpaired) electrons. The van der Waals surface area contributed by atoms with Gasteiger partial charge in [0.05, 0.1) is 11.0 Å². The van der Waals surface area contributed by atoms with Crippen molar-refractivity contribution in [2.24, 2.45) is 0 Å². The maximum atomic E-state index is 6.61. The number of halogens is 1. The topological polar surface area (TPSA) is 14.2 Å². The number of fused-ring (bicyclic) bond motifs is 5. The van der Waals surface area contributed by atoms with Gasteiger partial charge in [-0.3, -0.25) is 0 Å². The molecule has 1 unspecified atom stereocenters. The van der Waals surface area contributed by atoms with E-state index in [-0.39, 0.29) is 0 Å². The Morgan fingerprint density at radius 3 is 1.96 bits per heavy atom. The lowest BCUT2D eigenvalue weighted by molar-refractivity contribution is 0.487. The van der Waals surface area contributed by atoms with Crippen LogP contribution in [0.15, 0.2) is 169 Å². The maximum Gasteiger partial charge on any atom is 0.188 e. The van der Waals surface area contributed by atoms with E-state index in [2.05, 4.69) is 138 Å². The van der Waals surface area contributed by atoms with Gasteiger partial charge in [0.2, 0.25) is 0 Å². The molecule has 0 N–H and O–H groups in total. The fourth-order valence-corrected chi connectivity index (χ4v) is 12.9. The Bertz CT molecular complexity index is 2430. The first-order valence-corrected chi connectivity index (χ1v) is 18.5. The summed E-state index contributed by atoms with van der Waals surface area (Å²) in [5, 5.41) is 8.11. The van der Waals surface area contributed by atoms with Crippen LogP contribution in [0.2, 0.25) is 5.02 Å². The van der Waals surface area contributed by atoms with Gasteiger partial charge >= 0.3 is 0 Å². The van der Waals surface area contributed by atoms with Crippen LogP contribution >= 0.6 is 24.2 Å². The smallest absolute Gasteiger partial charge is 0.188 e. The second-order valence-corrected chi connectivity index (χ2v) is 16.7. The van der Waals surface area contributed by atoms with Crippen LogP contribution in [0.1, 0.15) is 0 Å². The van der Waals surface area contributed by atoms with Gasteiger partial charge in [-0.25, -0.2) is 0 Å². The van der Waals surface area contributed by atoms with Gasteiger partial charge in [0.15, 0.2) is 8.07 Å². The molecule has 2 heterocycles. The fraction of sp³-hybridized carbons (Fsp3) is 0. The largest absolute Gasteiger partial charge is 0.457 e. The number of thiol groups is 1. The average molecular weight is 658 g/mol. The van der Waals surface area contributed by atoms with E-state index in [4.69, 9.17) is 29.0 Å². The lowest BCUT2D eigenvalue weighted by atomic mass is 10.1. The summed E-state index contributed by atoms with van der Waals surface area (Å²) in [6, 6.07) is 58.5. The summed E-state index contributed by atoms with van der Waals surface area (Å²) in [4.78, 5) is 0.954. The van der Waals surface area contributed by atoms with Crippen molar-refractivity contribution in [2.75, 3.05) is 0 Å². The molecule has 47 heavy (non-hydrogen) atoms. The predicted octanol–water partition coefficient (Wildman–Crippen LogP) is 8.88. The highest BCUT2D eigenvalue weighted by atomic mass is 35.5.